The van der Waals surface area contributed by atoms with Gasteiger partial charge in [-0.05, 0) is 50.3 Å². The van der Waals surface area contributed by atoms with E-state index in [9.17, 15) is 28.8 Å². The first kappa shape index (κ1) is 40.4. The number of primary amides is 1. The highest BCUT2D eigenvalue weighted by Gasteiger charge is 2.33. The average molecular weight is 681 g/mol. The van der Waals surface area contributed by atoms with Gasteiger partial charge in [0.2, 0.25) is 35.4 Å². The fourth-order valence-corrected chi connectivity index (χ4v) is 4.88. The fraction of sp³-hybridized carbons (Fsp3) is 0.486. The molecule has 0 aliphatic heterocycles. The molecule has 6 amide bonds. The molecule has 0 unspecified atom stereocenters. The van der Waals surface area contributed by atoms with Crippen molar-refractivity contribution in [2.75, 3.05) is 6.54 Å². The van der Waals surface area contributed by atoms with E-state index in [1.807, 2.05) is 12.1 Å². The number of nitrogens with one attached hydrogen (secondary N) is 5. The summed E-state index contributed by atoms with van der Waals surface area (Å²) in [6.45, 7) is 6.86. The second-order valence-corrected chi connectivity index (χ2v) is 12.5. The smallest absolute Gasteiger partial charge is 0.243 e. The van der Waals surface area contributed by atoms with Crippen LogP contribution >= 0.6 is 0 Å². The van der Waals surface area contributed by atoms with Gasteiger partial charge in [0.15, 0.2) is 0 Å². The first-order valence-electron chi connectivity index (χ1n) is 16.6. The zero-order chi connectivity index (χ0) is 36.5. The lowest BCUT2D eigenvalue weighted by molar-refractivity contribution is -0.135. The van der Waals surface area contributed by atoms with Gasteiger partial charge in [-0.3, -0.25) is 28.8 Å². The molecule has 0 spiro atoms. The molecular weight excluding hydrogens is 628 g/mol. The van der Waals surface area contributed by atoms with Gasteiger partial charge >= 0.3 is 0 Å². The Kier molecular flexibility index (Phi) is 16.9. The summed E-state index contributed by atoms with van der Waals surface area (Å²) in [5.41, 5.74) is 18.3. The molecule has 11 N–H and O–H groups in total. The molecule has 0 bridgehead atoms. The number of carbonyl (C=O) groups excluding carboxylic acids is 6. The van der Waals surface area contributed by atoms with Crippen LogP contribution in [0.2, 0.25) is 0 Å². The van der Waals surface area contributed by atoms with E-state index in [4.69, 9.17) is 17.2 Å². The fourth-order valence-electron chi connectivity index (χ4n) is 4.88. The summed E-state index contributed by atoms with van der Waals surface area (Å²) in [7, 11) is 0. The Bertz CT molecular complexity index is 1390. The summed E-state index contributed by atoms with van der Waals surface area (Å²) < 4.78 is 0. The van der Waals surface area contributed by atoms with E-state index < -0.39 is 77.6 Å². The maximum absolute atomic E-state index is 13.9. The minimum absolute atomic E-state index is 0.0725. The molecular formula is C35H52N8O6. The minimum atomic E-state index is -1.16. The third kappa shape index (κ3) is 14.1. The Labute approximate surface area is 288 Å². The predicted octanol–water partition coefficient (Wildman–Crippen LogP) is -0.467. The molecule has 49 heavy (non-hydrogen) atoms. The molecule has 2 rings (SSSR count). The second-order valence-electron chi connectivity index (χ2n) is 12.5. The Morgan fingerprint density at radius 3 is 1.53 bits per heavy atom. The largest absolute Gasteiger partial charge is 0.368 e. The second kappa shape index (κ2) is 20.5. The van der Waals surface area contributed by atoms with Crippen LogP contribution in [-0.2, 0) is 41.6 Å². The van der Waals surface area contributed by atoms with Crippen molar-refractivity contribution in [1.29, 1.82) is 0 Å². The monoisotopic (exact) mass is 680 g/mol. The molecule has 14 heteroatoms. The average Bonchev–Trinajstić information content (AvgIpc) is 3.06. The van der Waals surface area contributed by atoms with Gasteiger partial charge in [0.1, 0.15) is 30.2 Å². The Morgan fingerprint density at radius 1 is 0.592 bits per heavy atom. The van der Waals surface area contributed by atoms with Crippen LogP contribution in [-0.4, -0.2) is 78.2 Å². The molecule has 0 saturated carbocycles. The lowest BCUT2D eigenvalue weighted by Crippen LogP contribution is -2.60. The molecule has 6 atom stereocenters. The van der Waals surface area contributed by atoms with E-state index in [1.54, 1.807) is 62.4 Å². The van der Waals surface area contributed by atoms with Crippen molar-refractivity contribution < 1.29 is 28.8 Å². The highest BCUT2D eigenvalue weighted by Crippen LogP contribution is 2.10. The van der Waals surface area contributed by atoms with Gasteiger partial charge in [-0.1, -0.05) is 80.9 Å². The van der Waals surface area contributed by atoms with Crippen molar-refractivity contribution in [3.63, 3.8) is 0 Å². The normalized spacial score (nSPS) is 14.7. The minimum Gasteiger partial charge on any atom is -0.368 e. The molecule has 0 aliphatic carbocycles. The summed E-state index contributed by atoms with van der Waals surface area (Å²) in [5.74, 6) is -4.17. The maximum atomic E-state index is 13.9. The number of hydrogen-bond acceptors (Lipinski definition) is 8. The van der Waals surface area contributed by atoms with Crippen LogP contribution in [0.5, 0.6) is 0 Å². The molecule has 14 nitrogen and oxygen atoms in total. The maximum Gasteiger partial charge on any atom is 0.243 e. The van der Waals surface area contributed by atoms with E-state index in [2.05, 4.69) is 26.6 Å². The summed E-state index contributed by atoms with van der Waals surface area (Å²) in [6.07, 6.45) is 1.98. The molecule has 0 aliphatic rings. The van der Waals surface area contributed by atoms with E-state index >= 15 is 0 Å². The number of benzene rings is 2. The van der Waals surface area contributed by atoms with Gasteiger partial charge in [-0.2, -0.15) is 0 Å². The van der Waals surface area contributed by atoms with Gasteiger partial charge in [-0.25, -0.2) is 0 Å². The number of carbonyl (C=O) groups is 6. The molecule has 2 aromatic carbocycles. The van der Waals surface area contributed by atoms with Crippen molar-refractivity contribution in [2.24, 2.45) is 23.1 Å². The van der Waals surface area contributed by atoms with Crippen LogP contribution < -0.4 is 43.8 Å². The highest BCUT2D eigenvalue weighted by atomic mass is 16.2. The first-order chi connectivity index (χ1) is 23.2. The Hall–Kier alpha value is -4.82. The lowest BCUT2D eigenvalue weighted by Gasteiger charge is -2.28. The summed E-state index contributed by atoms with van der Waals surface area (Å²) in [6, 6.07) is 11.8. The third-order valence-corrected chi connectivity index (χ3v) is 7.92. The number of hydrogen-bond donors (Lipinski definition) is 8. The molecule has 0 fully saturated rings. The van der Waals surface area contributed by atoms with Gasteiger partial charge in [0.25, 0.3) is 0 Å². The zero-order valence-corrected chi connectivity index (χ0v) is 28.7. The van der Waals surface area contributed by atoms with Gasteiger partial charge in [0, 0.05) is 12.8 Å². The van der Waals surface area contributed by atoms with Crippen LogP contribution in [0.4, 0.5) is 0 Å². The van der Waals surface area contributed by atoms with E-state index in [-0.39, 0.29) is 12.8 Å². The topological polar surface area (TPSA) is 241 Å². The van der Waals surface area contributed by atoms with Crippen molar-refractivity contribution in [3.8, 4) is 0 Å². The van der Waals surface area contributed by atoms with E-state index in [1.165, 1.54) is 13.8 Å². The van der Waals surface area contributed by atoms with Gasteiger partial charge in [-0.15, -0.1) is 0 Å². The van der Waals surface area contributed by atoms with E-state index in [0.717, 1.165) is 17.5 Å². The van der Waals surface area contributed by atoms with Crippen LogP contribution in [0, 0.1) is 5.92 Å². The Balaban J connectivity index is 2.25. The quantitative estimate of drug-likeness (QED) is 0.0849. The van der Waals surface area contributed by atoms with Gasteiger partial charge in [0.05, 0.1) is 6.04 Å². The van der Waals surface area contributed by atoms with Crippen LogP contribution in [0.15, 0.2) is 60.7 Å². The lowest BCUT2D eigenvalue weighted by atomic mass is 9.99. The molecule has 0 saturated heterocycles. The van der Waals surface area contributed by atoms with Crippen molar-refractivity contribution in [1.82, 2.24) is 26.6 Å². The SMILES string of the molecule is CC(C)[C@H](NC(=O)[C@H](C)NC(=O)[C@@H](N)CCCCN)C(=O)N[C@@H](Cc1ccccc1)C(=O)N[C@@H](Cc1ccccc1)C(=O)N[C@@H](C)C(N)=O. The summed E-state index contributed by atoms with van der Waals surface area (Å²) in [5, 5.41) is 13.3. The van der Waals surface area contributed by atoms with Gasteiger partial charge < -0.3 is 43.8 Å². The number of nitrogens with two attached hydrogens (primary N) is 3. The molecule has 268 valence electrons. The van der Waals surface area contributed by atoms with Crippen molar-refractivity contribution in [2.45, 2.75) is 96.1 Å². The van der Waals surface area contributed by atoms with Crippen molar-refractivity contribution in [3.05, 3.63) is 71.8 Å². The number of unbranched alkanes of at least 4 members (excludes halogenated alkanes) is 1. The third-order valence-electron chi connectivity index (χ3n) is 7.92. The standard InChI is InChI=1S/C35H52N8O6/c1-21(2)29(43-31(45)23(4)40-32(46)26(37)17-11-12-18-36)35(49)42-28(20-25-15-9-6-10-16-25)34(48)41-27(19-24-13-7-5-8-14-24)33(47)39-22(3)30(38)44/h5-10,13-16,21-23,26-29H,11-12,17-20,36-37H2,1-4H3,(H2,38,44)(H,39,47)(H,40,46)(H,41,48)(H,42,49)(H,43,45)/t22-,23-,26-,27-,28-,29-/m0/s1. The van der Waals surface area contributed by atoms with Crippen LogP contribution in [0.3, 0.4) is 0 Å². The first-order valence-corrected chi connectivity index (χ1v) is 16.6. The summed E-state index contributed by atoms with van der Waals surface area (Å²) >= 11 is 0. The van der Waals surface area contributed by atoms with Crippen LogP contribution in [0.25, 0.3) is 0 Å². The predicted molar refractivity (Wildman–Crippen MR) is 186 cm³/mol. The molecule has 0 radical (unpaired) electrons. The Morgan fingerprint density at radius 2 is 1.06 bits per heavy atom. The highest BCUT2D eigenvalue weighted by molar-refractivity contribution is 5.96. The zero-order valence-electron chi connectivity index (χ0n) is 28.7. The number of amides is 6. The molecule has 2 aromatic rings. The van der Waals surface area contributed by atoms with E-state index in [0.29, 0.717) is 19.4 Å². The molecule has 0 heterocycles. The number of rotatable bonds is 20. The summed E-state index contributed by atoms with van der Waals surface area (Å²) in [4.78, 5) is 78.1. The molecule has 0 aromatic heterocycles. The van der Waals surface area contributed by atoms with Crippen molar-refractivity contribution >= 4 is 35.4 Å². The van der Waals surface area contributed by atoms with Crippen LogP contribution in [0.1, 0.15) is 58.1 Å².